The minimum atomic E-state index is -0.461. The second-order valence-corrected chi connectivity index (χ2v) is 10.2. The van der Waals surface area contributed by atoms with E-state index in [2.05, 4.69) is 21.3 Å². The van der Waals surface area contributed by atoms with Gasteiger partial charge in [0.05, 0.1) is 0 Å². The monoisotopic (exact) mass is 586 g/mol. The van der Waals surface area contributed by atoms with Gasteiger partial charge >= 0.3 is 0 Å². The summed E-state index contributed by atoms with van der Waals surface area (Å²) in [7, 11) is 0. The van der Waals surface area contributed by atoms with Crippen LogP contribution in [-0.4, -0.2) is 16.9 Å². The number of aryl methyl sites for hydroxylation is 1. The van der Waals surface area contributed by atoms with Crippen molar-refractivity contribution in [3.05, 3.63) is 149 Å². The van der Waals surface area contributed by atoms with E-state index in [0.717, 1.165) is 28.1 Å². The Balaban J connectivity index is 1.29. The predicted octanol–water partition coefficient (Wildman–Crippen LogP) is 7.15. The van der Waals surface area contributed by atoms with Gasteiger partial charge in [0.1, 0.15) is 17.2 Å². The zero-order chi connectivity index (χ0) is 30.0. The average Bonchev–Trinajstić information content (AvgIpc) is 3.49. The van der Waals surface area contributed by atoms with Crippen LogP contribution < -0.4 is 21.3 Å². The second-order valence-electron chi connectivity index (χ2n) is 9.77. The van der Waals surface area contributed by atoms with Gasteiger partial charge in [0.25, 0.3) is 11.8 Å². The minimum Gasteiger partial charge on any atom is -0.457 e. The third-order valence-corrected chi connectivity index (χ3v) is 6.65. The number of carbonyl (C=O) groups is 2. The van der Waals surface area contributed by atoms with Crippen LogP contribution in [-0.2, 0) is 11.3 Å². The lowest BCUT2D eigenvalue weighted by Gasteiger charge is -2.13. The van der Waals surface area contributed by atoms with Crippen LogP contribution in [0, 0.1) is 6.92 Å². The van der Waals surface area contributed by atoms with Crippen molar-refractivity contribution in [3.63, 3.8) is 0 Å². The van der Waals surface area contributed by atoms with Crippen molar-refractivity contribution < 1.29 is 14.0 Å². The largest absolute Gasteiger partial charge is 0.457 e. The molecule has 5 aromatic rings. The highest BCUT2D eigenvalue weighted by molar-refractivity contribution is 7.80. The lowest BCUT2D eigenvalue weighted by Crippen LogP contribution is -2.34. The number of amides is 2. The Bertz CT molecular complexity index is 1750. The molecule has 1 aromatic heterocycles. The Morgan fingerprint density at radius 1 is 0.767 bits per heavy atom. The number of anilines is 2. The fourth-order valence-electron chi connectivity index (χ4n) is 4.24. The highest BCUT2D eigenvalue weighted by Crippen LogP contribution is 2.24. The molecule has 0 bridgehead atoms. The van der Waals surface area contributed by atoms with Crippen LogP contribution in [0.2, 0.25) is 0 Å². The van der Waals surface area contributed by atoms with Crippen molar-refractivity contribution in [1.82, 2.24) is 10.6 Å². The summed E-state index contributed by atoms with van der Waals surface area (Å²) < 4.78 is 6.00. The maximum absolute atomic E-state index is 13.4. The van der Waals surface area contributed by atoms with E-state index >= 15 is 0 Å². The molecule has 0 spiro atoms. The first-order valence-corrected chi connectivity index (χ1v) is 14.1. The number of benzene rings is 4. The van der Waals surface area contributed by atoms with Crippen molar-refractivity contribution in [2.24, 2.45) is 0 Å². The number of thiocarbonyl (C=S) groups is 1. The van der Waals surface area contributed by atoms with Gasteiger partial charge in [-0.15, -0.1) is 0 Å². The molecule has 5 rings (SSSR count). The Labute approximate surface area is 255 Å². The molecule has 4 aromatic carbocycles. The first-order valence-electron chi connectivity index (χ1n) is 13.7. The molecule has 0 atom stereocenters. The first-order chi connectivity index (χ1) is 20.9. The molecule has 0 fully saturated rings. The van der Waals surface area contributed by atoms with E-state index in [4.69, 9.17) is 16.6 Å². The van der Waals surface area contributed by atoms with Crippen molar-refractivity contribution >= 4 is 46.6 Å². The van der Waals surface area contributed by atoms with E-state index in [1.54, 1.807) is 30.3 Å². The van der Waals surface area contributed by atoms with Crippen LogP contribution in [0.15, 0.2) is 131 Å². The lowest BCUT2D eigenvalue weighted by molar-refractivity contribution is -0.117. The third kappa shape index (κ3) is 8.28. The van der Waals surface area contributed by atoms with Gasteiger partial charge in [0.15, 0.2) is 5.11 Å². The summed E-state index contributed by atoms with van der Waals surface area (Å²) in [6, 6.07) is 37.4. The SMILES string of the molecule is Cc1ccc(-c2ccc(/C=C(/NC(=O)c3ccccc3)C(=O)NCc3cccc(NC(=S)Nc4ccccc4)c3)o2)cc1. The lowest BCUT2D eigenvalue weighted by atomic mass is 10.1. The Morgan fingerprint density at radius 2 is 1.44 bits per heavy atom. The van der Waals surface area contributed by atoms with E-state index in [9.17, 15) is 9.59 Å². The summed E-state index contributed by atoms with van der Waals surface area (Å²) in [6.45, 7) is 2.24. The zero-order valence-electron chi connectivity index (χ0n) is 23.5. The first kappa shape index (κ1) is 29.0. The third-order valence-electron chi connectivity index (χ3n) is 6.45. The molecule has 43 heavy (non-hydrogen) atoms. The summed E-state index contributed by atoms with van der Waals surface area (Å²) in [5.41, 5.74) is 5.04. The number of para-hydroxylation sites is 1. The van der Waals surface area contributed by atoms with Gasteiger partial charge in [-0.1, -0.05) is 78.4 Å². The highest BCUT2D eigenvalue weighted by Gasteiger charge is 2.16. The van der Waals surface area contributed by atoms with Gasteiger partial charge in [-0.05, 0) is 73.2 Å². The standard InChI is InChI=1S/C35H30N4O3S/c1-24-15-17-26(18-16-24)32-20-19-30(42-32)22-31(39-33(40)27-10-4-2-5-11-27)34(41)36-23-25-9-8-14-29(21-25)38-35(43)37-28-12-6-3-7-13-28/h2-22H,23H2,1H3,(H,36,41)(H,39,40)(H2,37,38,43)/b31-22+. The van der Waals surface area contributed by atoms with Crippen molar-refractivity contribution in [3.8, 4) is 11.3 Å². The summed E-state index contributed by atoms with van der Waals surface area (Å²) in [5.74, 6) is 0.222. The molecule has 0 saturated carbocycles. The van der Waals surface area contributed by atoms with Gasteiger partial charge in [0.2, 0.25) is 0 Å². The molecule has 4 N–H and O–H groups in total. The van der Waals surface area contributed by atoms with Gasteiger partial charge in [-0.2, -0.15) is 0 Å². The number of rotatable bonds is 9. The maximum atomic E-state index is 13.4. The van der Waals surface area contributed by atoms with Crippen LogP contribution in [0.5, 0.6) is 0 Å². The fraction of sp³-hybridized carbons (Fsp3) is 0.0571. The normalized spacial score (nSPS) is 11.0. The summed E-state index contributed by atoms with van der Waals surface area (Å²) in [4.78, 5) is 26.4. The zero-order valence-corrected chi connectivity index (χ0v) is 24.3. The van der Waals surface area contributed by atoms with Crippen molar-refractivity contribution in [2.45, 2.75) is 13.5 Å². The van der Waals surface area contributed by atoms with Gasteiger partial charge in [0, 0.05) is 35.1 Å². The predicted molar refractivity (Wildman–Crippen MR) is 175 cm³/mol. The number of nitrogens with one attached hydrogen (secondary N) is 4. The fourth-order valence-corrected chi connectivity index (χ4v) is 4.48. The average molecular weight is 587 g/mol. The molecule has 0 radical (unpaired) electrons. The van der Waals surface area contributed by atoms with Gasteiger partial charge in [-0.3, -0.25) is 9.59 Å². The van der Waals surface area contributed by atoms with Crippen LogP contribution >= 0.6 is 12.2 Å². The highest BCUT2D eigenvalue weighted by atomic mass is 32.1. The van der Waals surface area contributed by atoms with Crippen LogP contribution in [0.25, 0.3) is 17.4 Å². The topological polar surface area (TPSA) is 95.4 Å². The van der Waals surface area contributed by atoms with Crippen LogP contribution in [0.1, 0.15) is 27.2 Å². The molecule has 0 saturated heterocycles. The van der Waals surface area contributed by atoms with E-state index in [-0.39, 0.29) is 12.2 Å². The smallest absolute Gasteiger partial charge is 0.268 e. The number of hydrogen-bond acceptors (Lipinski definition) is 4. The molecule has 1 heterocycles. The van der Waals surface area contributed by atoms with Gasteiger partial charge < -0.3 is 25.7 Å². The van der Waals surface area contributed by atoms with E-state index in [1.807, 2.05) is 97.9 Å². The Hall–Kier alpha value is -5.47. The Kier molecular flexibility index (Phi) is 9.41. The molecule has 0 aliphatic carbocycles. The van der Waals surface area contributed by atoms with Crippen LogP contribution in [0.4, 0.5) is 11.4 Å². The van der Waals surface area contributed by atoms with E-state index in [0.29, 0.717) is 22.2 Å². The summed E-state index contributed by atoms with van der Waals surface area (Å²) >= 11 is 5.43. The summed E-state index contributed by atoms with van der Waals surface area (Å²) in [5, 5.41) is 12.4. The van der Waals surface area contributed by atoms with E-state index < -0.39 is 11.8 Å². The molecular formula is C35H30N4O3S. The van der Waals surface area contributed by atoms with Crippen molar-refractivity contribution in [2.75, 3.05) is 10.6 Å². The van der Waals surface area contributed by atoms with Crippen LogP contribution in [0.3, 0.4) is 0 Å². The molecule has 7 nitrogen and oxygen atoms in total. The van der Waals surface area contributed by atoms with E-state index in [1.165, 1.54) is 6.08 Å². The molecule has 214 valence electrons. The number of carbonyl (C=O) groups excluding carboxylic acids is 2. The molecule has 8 heteroatoms. The number of hydrogen-bond donors (Lipinski definition) is 4. The Morgan fingerprint density at radius 3 is 2.19 bits per heavy atom. The molecular weight excluding hydrogens is 556 g/mol. The second kappa shape index (κ2) is 13.9. The van der Waals surface area contributed by atoms with Gasteiger partial charge in [-0.25, -0.2) is 0 Å². The maximum Gasteiger partial charge on any atom is 0.268 e. The molecule has 2 amide bonds. The minimum absolute atomic E-state index is 0.0566. The molecule has 0 unspecified atom stereocenters. The quantitative estimate of drug-likeness (QED) is 0.108. The molecule has 0 aliphatic rings. The van der Waals surface area contributed by atoms with Crippen molar-refractivity contribution in [1.29, 1.82) is 0 Å². The molecule has 0 aliphatic heterocycles. The number of furan rings is 1. The summed E-state index contributed by atoms with van der Waals surface area (Å²) in [6.07, 6.45) is 1.53.